The maximum Gasteiger partial charge on any atom is 0.271 e. The normalized spacial score (nSPS) is 11.8. The van der Waals surface area contributed by atoms with Crippen LogP contribution in [-0.2, 0) is 9.84 Å². The lowest BCUT2D eigenvalue weighted by Crippen LogP contribution is -2.03. The average Bonchev–Trinajstić information content (AvgIpc) is 3.12. The van der Waals surface area contributed by atoms with Gasteiger partial charge in [-0.3, -0.25) is 15.0 Å². The van der Waals surface area contributed by atoms with Crippen LogP contribution in [0.5, 0.6) is 5.19 Å². The smallest absolute Gasteiger partial charge is 0.271 e. The third-order valence-electron chi connectivity index (χ3n) is 4.72. The van der Waals surface area contributed by atoms with Gasteiger partial charge in [0.1, 0.15) is 0 Å². The highest BCUT2D eigenvalue weighted by Gasteiger charge is 2.15. The lowest BCUT2D eigenvalue weighted by molar-refractivity contribution is 0.472. The van der Waals surface area contributed by atoms with Crippen LogP contribution in [0, 0.1) is 0 Å². The van der Waals surface area contributed by atoms with E-state index < -0.39 is 9.84 Å². The van der Waals surface area contributed by atoms with Gasteiger partial charge in [0.2, 0.25) is 0 Å². The van der Waals surface area contributed by atoms with Gasteiger partial charge in [-0.1, -0.05) is 17.4 Å². The van der Waals surface area contributed by atoms with E-state index >= 15 is 0 Å². The van der Waals surface area contributed by atoms with Crippen LogP contribution < -0.4 is 5.32 Å². The van der Waals surface area contributed by atoms with Crippen LogP contribution in [-0.4, -0.2) is 39.7 Å². The average molecular weight is 450 g/mol. The Hall–Kier alpha value is -3.63. The molecule has 8 nitrogen and oxygen atoms in total. The minimum atomic E-state index is -3.44. The first-order chi connectivity index (χ1) is 14.9. The summed E-state index contributed by atoms with van der Waals surface area (Å²) in [5.41, 5.74) is 4.69. The molecule has 0 aliphatic heterocycles. The Bertz CT molecular complexity index is 1560. The van der Waals surface area contributed by atoms with Crippen molar-refractivity contribution in [2.75, 3.05) is 11.6 Å². The fourth-order valence-electron chi connectivity index (χ4n) is 3.40. The second-order valence-electron chi connectivity index (χ2n) is 6.90. The summed E-state index contributed by atoms with van der Waals surface area (Å²) >= 11 is 1.21. The number of rotatable bonds is 4. The third-order valence-corrected chi connectivity index (χ3v) is 6.71. The van der Waals surface area contributed by atoms with Gasteiger partial charge in [0.05, 0.1) is 38.0 Å². The van der Waals surface area contributed by atoms with Gasteiger partial charge in [0.15, 0.2) is 9.84 Å². The highest BCUT2D eigenvalue weighted by Crippen LogP contribution is 2.35. The first-order valence-corrected chi connectivity index (χ1v) is 11.8. The van der Waals surface area contributed by atoms with Gasteiger partial charge in [-0.15, -0.1) is 0 Å². The lowest BCUT2D eigenvalue weighted by Gasteiger charge is -2.13. The zero-order valence-corrected chi connectivity index (χ0v) is 17.8. The molecule has 31 heavy (non-hydrogen) atoms. The van der Waals surface area contributed by atoms with Crippen molar-refractivity contribution in [3.05, 3.63) is 61.2 Å². The Balaban J connectivity index is 1.68. The van der Waals surface area contributed by atoms with E-state index in [0.29, 0.717) is 27.9 Å². The van der Waals surface area contributed by atoms with Gasteiger partial charge in [0.25, 0.3) is 5.19 Å². The number of anilines is 2. The van der Waals surface area contributed by atoms with Crippen molar-refractivity contribution in [1.29, 1.82) is 0 Å². The van der Waals surface area contributed by atoms with Crippen LogP contribution in [0.2, 0.25) is 0 Å². The van der Waals surface area contributed by atoms with Crippen molar-refractivity contribution < 1.29 is 13.5 Å². The van der Waals surface area contributed by atoms with Gasteiger partial charge in [-0.2, -0.15) is 0 Å². The van der Waals surface area contributed by atoms with Crippen molar-refractivity contribution in [1.82, 2.24) is 19.9 Å². The molecule has 0 radical (unpaired) electrons. The van der Waals surface area contributed by atoms with Crippen molar-refractivity contribution in [2.45, 2.75) is 4.90 Å². The van der Waals surface area contributed by atoms with E-state index in [1.807, 2.05) is 24.3 Å². The number of hydrogen-bond acceptors (Lipinski definition) is 9. The molecule has 0 bridgehead atoms. The van der Waals surface area contributed by atoms with Crippen LogP contribution in [0.15, 0.2) is 66.1 Å². The van der Waals surface area contributed by atoms with E-state index in [1.165, 1.54) is 29.8 Å². The molecule has 3 aromatic heterocycles. The summed E-state index contributed by atoms with van der Waals surface area (Å²) in [6.07, 6.45) is 7.29. The fraction of sp³-hybridized carbons (Fsp3) is 0.0476. The summed E-state index contributed by atoms with van der Waals surface area (Å²) in [6.45, 7) is 0. The number of aromatic nitrogens is 4. The summed E-state index contributed by atoms with van der Waals surface area (Å²) in [6, 6.07) is 10.8. The SMILES string of the molecule is CS(=O)(=O)c1ccncc1Nc1cc(-c2ccc3sc(O)nc3c2)c2nccnc2c1. The Kier molecular flexibility index (Phi) is 4.53. The van der Waals surface area contributed by atoms with Gasteiger partial charge in [-0.25, -0.2) is 13.4 Å². The quantitative estimate of drug-likeness (QED) is 0.420. The maximum absolute atomic E-state index is 12.2. The number of benzene rings is 2. The molecule has 0 amide bonds. The van der Waals surface area contributed by atoms with Crippen molar-refractivity contribution in [2.24, 2.45) is 0 Å². The molecule has 0 spiro atoms. The van der Waals surface area contributed by atoms with Gasteiger partial charge < -0.3 is 10.4 Å². The number of nitrogens with one attached hydrogen (secondary N) is 1. The highest BCUT2D eigenvalue weighted by atomic mass is 32.2. The van der Waals surface area contributed by atoms with Crippen LogP contribution >= 0.6 is 11.3 Å². The predicted octanol–water partition coefficient (Wildman–Crippen LogP) is 4.15. The topological polar surface area (TPSA) is 118 Å². The number of aromatic hydroxyl groups is 1. The molecule has 2 N–H and O–H groups in total. The van der Waals surface area contributed by atoms with Gasteiger partial charge in [0, 0.05) is 36.1 Å². The molecule has 2 aromatic carbocycles. The number of hydrogen-bond donors (Lipinski definition) is 2. The van der Waals surface area contributed by atoms with E-state index in [-0.39, 0.29) is 10.1 Å². The molecule has 3 heterocycles. The maximum atomic E-state index is 12.2. The number of thiazole rings is 1. The van der Waals surface area contributed by atoms with Gasteiger partial charge >= 0.3 is 0 Å². The molecule has 0 atom stereocenters. The highest BCUT2D eigenvalue weighted by molar-refractivity contribution is 7.90. The predicted molar refractivity (Wildman–Crippen MR) is 120 cm³/mol. The van der Waals surface area contributed by atoms with Crippen LogP contribution in [0.4, 0.5) is 11.4 Å². The van der Waals surface area contributed by atoms with E-state index in [0.717, 1.165) is 22.1 Å². The molecule has 0 unspecified atom stereocenters. The minimum Gasteiger partial charge on any atom is -0.486 e. The summed E-state index contributed by atoms with van der Waals surface area (Å²) in [5.74, 6) is 0. The molecule has 0 fully saturated rings. The zero-order chi connectivity index (χ0) is 21.6. The Morgan fingerprint density at radius 1 is 1.00 bits per heavy atom. The Morgan fingerprint density at radius 3 is 2.68 bits per heavy atom. The van der Waals surface area contributed by atoms with Crippen LogP contribution in [0.3, 0.4) is 0 Å². The first-order valence-electron chi connectivity index (χ1n) is 9.14. The molecule has 154 valence electrons. The number of fused-ring (bicyclic) bond motifs is 2. The number of pyridine rings is 1. The summed E-state index contributed by atoms with van der Waals surface area (Å²) in [4.78, 5) is 17.3. The molecule has 10 heteroatoms. The second-order valence-corrected chi connectivity index (χ2v) is 9.89. The van der Waals surface area contributed by atoms with Crippen LogP contribution in [0.1, 0.15) is 0 Å². The van der Waals surface area contributed by atoms with Crippen molar-refractivity contribution >= 4 is 53.8 Å². The monoisotopic (exact) mass is 449 g/mol. The third kappa shape index (κ3) is 3.66. The standard InChI is InChI=1S/C21H15N5O3S2/c1-31(28,29)19-4-5-22-11-17(19)25-13-9-14(20-16(10-13)23-6-7-24-20)12-2-3-18-15(8-12)26-21(27)30-18/h2-11,25H,1H3,(H,26,27). The Morgan fingerprint density at radius 2 is 1.84 bits per heavy atom. The van der Waals surface area contributed by atoms with E-state index in [1.54, 1.807) is 18.5 Å². The molecular formula is C21H15N5O3S2. The minimum absolute atomic E-state index is 0.0112. The van der Waals surface area contributed by atoms with Crippen molar-refractivity contribution in [3.8, 4) is 16.3 Å². The fourth-order valence-corrected chi connectivity index (χ4v) is 4.90. The van der Waals surface area contributed by atoms with Crippen LogP contribution in [0.25, 0.3) is 32.4 Å². The van der Waals surface area contributed by atoms with E-state index in [4.69, 9.17) is 0 Å². The molecule has 0 saturated heterocycles. The second kappa shape index (κ2) is 7.25. The Labute approximate surface area is 181 Å². The molecular weight excluding hydrogens is 434 g/mol. The lowest BCUT2D eigenvalue weighted by atomic mass is 10.0. The molecule has 5 aromatic rings. The van der Waals surface area contributed by atoms with E-state index in [2.05, 4.69) is 25.3 Å². The number of nitrogens with zero attached hydrogens (tertiary/aromatic N) is 4. The van der Waals surface area contributed by atoms with Gasteiger partial charge in [-0.05, 0) is 35.9 Å². The zero-order valence-electron chi connectivity index (χ0n) is 16.1. The first kappa shape index (κ1) is 19.3. The summed E-state index contributed by atoms with van der Waals surface area (Å²) in [7, 11) is -3.44. The largest absolute Gasteiger partial charge is 0.486 e. The number of sulfone groups is 1. The van der Waals surface area contributed by atoms with Crippen molar-refractivity contribution in [3.63, 3.8) is 0 Å². The van der Waals surface area contributed by atoms with E-state index in [9.17, 15) is 13.5 Å². The molecule has 0 aliphatic carbocycles. The summed E-state index contributed by atoms with van der Waals surface area (Å²) < 4.78 is 25.2. The molecule has 5 rings (SSSR count). The summed E-state index contributed by atoms with van der Waals surface area (Å²) in [5, 5.41) is 12.9. The molecule has 0 saturated carbocycles. The molecule has 0 aliphatic rings.